The quantitative estimate of drug-likeness (QED) is 0.578. The van der Waals surface area contributed by atoms with E-state index in [4.69, 9.17) is 10.2 Å². The van der Waals surface area contributed by atoms with Crippen molar-refractivity contribution >= 4 is 5.97 Å². The van der Waals surface area contributed by atoms with Gasteiger partial charge in [0.25, 0.3) is 0 Å². The Hall–Kier alpha value is -1.77. The van der Waals surface area contributed by atoms with Crippen molar-refractivity contribution < 1.29 is 15.0 Å². The summed E-state index contributed by atoms with van der Waals surface area (Å²) in [4.78, 5) is 10.5. The van der Waals surface area contributed by atoms with Crippen molar-refractivity contribution in [1.29, 1.82) is 0 Å². The lowest BCUT2D eigenvalue weighted by molar-refractivity contribution is -0.132. The molecule has 1 aliphatic carbocycles. The standard InChI is InChI=1S/C9H8O3/c10-6-7-2-1-3-8(5-4-7)9(11)12/h1-6,10H,(H,11,12)/b7-6+. The van der Waals surface area contributed by atoms with Crippen molar-refractivity contribution in [3.05, 3.63) is 47.8 Å². The minimum Gasteiger partial charge on any atom is -0.515 e. The molecule has 0 amide bonds. The molecule has 0 aromatic heterocycles. The third kappa shape index (κ3) is 1.85. The second-order valence-electron chi connectivity index (χ2n) is 2.25. The van der Waals surface area contributed by atoms with Crippen LogP contribution in [0, 0.1) is 0 Å². The zero-order valence-electron chi connectivity index (χ0n) is 6.27. The van der Waals surface area contributed by atoms with Crippen LogP contribution in [-0.4, -0.2) is 16.2 Å². The fourth-order valence-corrected chi connectivity index (χ4v) is 0.789. The number of aliphatic hydroxyl groups is 1. The van der Waals surface area contributed by atoms with Gasteiger partial charge in [-0.3, -0.25) is 0 Å². The molecule has 0 unspecified atom stereocenters. The lowest BCUT2D eigenvalue weighted by Gasteiger charge is -1.89. The summed E-state index contributed by atoms with van der Waals surface area (Å²) in [7, 11) is 0. The van der Waals surface area contributed by atoms with E-state index in [-0.39, 0.29) is 5.57 Å². The molecule has 0 aromatic rings. The van der Waals surface area contributed by atoms with Gasteiger partial charge < -0.3 is 10.2 Å². The molecule has 0 radical (unpaired) electrons. The zero-order chi connectivity index (χ0) is 8.97. The summed E-state index contributed by atoms with van der Waals surface area (Å²) in [5, 5.41) is 17.2. The summed E-state index contributed by atoms with van der Waals surface area (Å²) in [6.45, 7) is 0. The molecule has 3 nitrogen and oxygen atoms in total. The van der Waals surface area contributed by atoms with Crippen LogP contribution in [0.2, 0.25) is 0 Å². The van der Waals surface area contributed by atoms with Crippen LogP contribution in [0.4, 0.5) is 0 Å². The van der Waals surface area contributed by atoms with E-state index >= 15 is 0 Å². The largest absolute Gasteiger partial charge is 0.515 e. The third-order valence-corrected chi connectivity index (χ3v) is 1.42. The van der Waals surface area contributed by atoms with E-state index in [2.05, 4.69) is 0 Å². The van der Waals surface area contributed by atoms with Crippen LogP contribution in [-0.2, 0) is 4.79 Å². The molecular formula is C9H8O3. The fourth-order valence-electron chi connectivity index (χ4n) is 0.789. The van der Waals surface area contributed by atoms with E-state index in [0.29, 0.717) is 5.57 Å². The van der Waals surface area contributed by atoms with Crippen molar-refractivity contribution in [2.75, 3.05) is 0 Å². The van der Waals surface area contributed by atoms with Crippen LogP contribution in [0.1, 0.15) is 0 Å². The molecule has 12 heavy (non-hydrogen) atoms. The first kappa shape index (κ1) is 8.33. The monoisotopic (exact) mass is 164 g/mol. The van der Waals surface area contributed by atoms with Gasteiger partial charge in [-0.15, -0.1) is 0 Å². The maximum atomic E-state index is 10.5. The molecular weight excluding hydrogens is 156 g/mol. The number of carbonyl (C=O) groups is 1. The zero-order valence-corrected chi connectivity index (χ0v) is 6.27. The van der Waals surface area contributed by atoms with E-state index in [9.17, 15) is 4.79 Å². The summed E-state index contributed by atoms with van der Waals surface area (Å²) in [5.74, 6) is -0.977. The lowest BCUT2D eigenvalue weighted by Crippen LogP contribution is -1.96. The highest BCUT2D eigenvalue weighted by molar-refractivity contribution is 5.90. The first-order valence-electron chi connectivity index (χ1n) is 3.38. The fraction of sp³-hybridized carbons (Fsp3) is 0. The maximum Gasteiger partial charge on any atom is 0.335 e. The Bertz CT molecular complexity index is 306. The van der Waals surface area contributed by atoms with Gasteiger partial charge >= 0.3 is 5.97 Å². The maximum absolute atomic E-state index is 10.5. The van der Waals surface area contributed by atoms with Gasteiger partial charge in [-0.05, 0) is 12.2 Å². The molecule has 1 rings (SSSR count). The number of carboxylic acids is 1. The van der Waals surface area contributed by atoms with Crippen LogP contribution in [0.3, 0.4) is 0 Å². The van der Waals surface area contributed by atoms with E-state index in [1.165, 1.54) is 18.2 Å². The van der Waals surface area contributed by atoms with Gasteiger partial charge in [0.1, 0.15) is 0 Å². The molecule has 1 aliphatic rings. The Kier molecular flexibility index (Phi) is 2.48. The van der Waals surface area contributed by atoms with Crippen molar-refractivity contribution in [1.82, 2.24) is 0 Å². The topological polar surface area (TPSA) is 57.5 Å². The SMILES string of the molecule is O=C(O)C1=CC=C/C(=C\O)C=C1. The summed E-state index contributed by atoms with van der Waals surface area (Å²) in [6, 6.07) is 0. The smallest absolute Gasteiger partial charge is 0.335 e. The lowest BCUT2D eigenvalue weighted by atomic mass is 10.2. The highest BCUT2D eigenvalue weighted by Gasteiger charge is 2.02. The number of allylic oxidation sites excluding steroid dienone is 5. The average molecular weight is 164 g/mol. The summed E-state index contributed by atoms with van der Waals surface area (Å²) < 4.78 is 0. The Morgan fingerprint density at radius 2 is 2.08 bits per heavy atom. The minimum atomic E-state index is -0.977. The molecule has 0 aliphatic heterocycles. The van der Waals surface area contributed by atoms with Gasteiger partial charge in [0.05, 0.1) is 11.8 Å². The molecule has 0 saturated heterocycles. The highest BCUT2D eigenvalue weighted by atomic mass is 16.4. The first-order valence-corrected chi connectivity index (χ1v) is 3.38. The third-order valence-electron chi connectivity index (χ3n) is 1.42. The Balaban J connectivity index is 2.93. The van der Waals surface area contributed by atoms with Crippen LogP contribution in [0.5, 0.6) is 0 Å². The Morgan fingerprint density at radius 3 is 2.67 bits per heavy atom. The van der Waals surface area contributed by atoms with Gasteiger partial charge in [0.2, 0.25) is 0 Å². The Morgan fingerprint density at radius 1 is 1.33 bits per heavy atom. The van der Waals surface area contributed by atoms with Crippen molar-refractivity contribution in [3.8, 4) is 0 Å². The normalized spacial score (nSPS) is 19.0. The van der Waals surface area contributed by atoms with Crippen LogP contribution in [0.15, 0.2) is 47.8 Å². The van der Waals surface area contributed by atoms with Gasteiger partial charge in [-0.1, -0.05) is 18.2 Å². The minimum absolute atomic E-state index is 0.197. The van der Waals surface area contributed by atoms with E-state index in [1.807, 2.05) is 0 Å². The summed E-state index contributed by atoms with van der Waals surface area (Å²) >= 11 is 0. The summed E-state index contributed by atoms with van der Waals surface area (Å²) in [5.41, 5.74) is 0.769. The predicted molar refractivity (Wildman–Crippen MR) is 44.7 cm³/mol. The average Bonchev–Trinajstić information content (AvgIpc) is 2.28. The van der Waals surface area contributed by atoms with Crippen molar-refractivity contribution in [3.63, 3.8) is 0 Å². The molecule has 62 valence electrons. The molecule has 0 heterocycles. The number of carboxylic acid groups (broad SMARTS) is 1. The summed E-state index contributed by atoms with van der Waals surface area (Å²) in [6.07, 6.45) is 8.55. The predicted octanol–water partition coefficient (Wildman–Crippen LogP) is 1.57. The van der Waals surface area contributed by atoms with Gasteiger partial charge in [0.15, 0.2) is 0 Å². The van der Waals surface area contributed by atoms with E-state index < -0.39 is 5.97 Å². The molecule has 0 atom stereocenters. The molecule has 0 saturated carbocycles. The molecule has 0 spiro atoms. The number of hydrogen-bond donors (Lipinski definition) is 2. The second kappa shape index (κ2) is 3.57. The number of aliphatic carboxylic acids is 1. The molecule has 0 aromatic carbocycles. The Labute approximate surface area is 69.6 Å². The van der Waals surface area contributed by atoms with Crippen LogP contribution < -0.4 is 0 Å². The molecule has 3 heteroatoms. The highest BCUT2D eigenvalue weighted by Crippen LogP contribution is 2.08. The first-order chi connectivity index (χ1) is 5.74. The molecule has 0 fully saturated rings. The van der Waals surface area contributed by atoms with Crippen LogP contribution in [0.25, 0.3) is 0 Å². The van der Waals surface area contributed by atoms with Crippen molar-refractivity contribution in [2.45, 2.75) is 0 Å². The van der Waals surface area contributed by atoms with Crippen LogP contribution >= 0.6 is 0 Å². The van der Waals surface area contributed by atoms with Crippen molar-refractivity contribution in [2.24, 2.45) is 0 Å². The molecule has 0 bridgehead atoms. The number of hydrogen-bond acceptors (Lipinski definition) is 2. The van der Waals surface area contributed by atoms with Gasteiger partial charge in [-0.25, -0.2) is 4.79 Å². The second-order valence-corrected chi connectivity index (χ2v) is 2.25. The van der Waals surface area contributed by atoms with Gasteiger partial charge in [-0.2, -0.15) is 0 Å². The number of aliphatic hydroxyl groups excluding tert-OH is 1. The van der Waals surface area contributed by atoms with E-state index in [1.54, 1.807) is 12.2 Å². The van der Waals surface area contributed by atoms with Gasteiger partial charge in [0, 0.05) is 5.57 Å². The number of rotatable bonds is 1. The molecule has 2 N–H and O–H groups in total. The van der Waals surface area contributed by atoms with E-state index in [0.717, 1.165) is 6.26 Å².